The van der Waals surface area contributed by atoms with Crippen molar-refractivity contribution in [2.24, 2.45) is 5.10 Å². The van der Waals surface area contributed by atoms with Gasteiger partial charge in [-0.1, -0.05) is 24.3 Å². The van der Waals surface area contributed by atoms with E-state index in [2.05, 4.69) is 15.8 Å². The third kappa shape index (κ3) is 5.60. The lowest BCUT2D eigenvalue weighted by atomic mass is 10.1. The van der Waals surface area contributed by atoms with Crippen molar-refractivity contribution in [1.29, 1.82) is 0 Å². The average Bonchev–Trinajstić information content (AvgIpc) is 3.33. The molecule has 0 fully saturated rings. The predicted octanol–water partition coefficient (Wildman–Crippen LogP) is 2.95. The minimum atomic E-state index is -0.740. The van der Waals surface area contributed by atoms with E-state index in [9.17, 15) is 24.8 Å². The van der Waals surface area contributed by atoms with Crippen molar-refractivity contribution in [2.45, 2.75) is 0 Å². The molecular weight excluding hydrogens is 456 g/mol. The number of nitro groups is 1. The van der Waals surface area contributed by atoms with Crippen molar-refractivity contribution in [3.8, 4) is 17.2 Å². The highest BCUT2D eigenvalue weighted by atomic mass is 16.7. The van der Waals surface area contributed by atoms with E-state index < -0.39 is 28.2 Å². The Morgan fingerprint density at radius 1 is 1.00 bits per heavy atom. The largest absolute Gasteiger partial charge is 0.502 e. The van der Waals surface area contributed by atoms with Gasteiger partial charge in [0.1, 0.15) is 5.70 Å². The second-order valence-corrected chi connectivity index (χ2v) is 7.20. The van der Waals surface area contributed by atoms with Crippen LogP contribution in [0.25, 0.3) is 6.08 Å². The zero-order chi connectivity index (χ0) is 24.8. The number of nitrogens with zero attached hydrogens (tertiary/aromatic N) is 2. The van der Waals surface area contributed by atoms with Gasteiger partial charge in [-0.3, -0.25) is 19.7 Å². The molecule has 2 amide bonds. The molecule has 11 nitrogen and oxygen atoms in total. The van der Waals surface area contributed by atoms with Crippen LogP contribution < -0.4 is 20.2 Å². The normalized spacial score (nSPS) is 12.4. The molecule has 1 aliphatic rings. The number of carbonyl (C=O) groups is 2. The molecule has 1 heterocycles. The highest BCUT2D eigenvalue weighted by molar-refractivity contribution is 6.05. The van der Waals surface area contributed by atoms with E-state index in [-0.39, 0.29) is 18.1 Å². The summed E-state index contributed by atoms with van der Waals surface area (Å²) in [5, 5.41) is 26.9. The van der Waals surface area contributed by atoms with Crippen molar-refractivity contribution in [1.82, 2.24) is 10.7 Å². The average molecular weight is 474 g/mol. The van der Waals surface area contributed by atoms with Crippen molar-refractivity contribution < 1.29 is 29.1 Å². The summed E-state index contributed by atoms with van der Waals surface area (Å²) in [6.07, 6.45) is 2.61. The van der Waals surface area contributed by atoms with Gasteiger partial charge in [-0.2, -0.15) is 5.10 Å². The number of hydrazone groups is 1. The van der Waals surface area contributed by atoms with Crippen molar-refractivity contribution in [3.63, 3.8) is 0 Å². The first-order chi connectivity index (χ1) is 16.9. The molecule has 3 N–H and O–H groups in total. The molecule has 0 radical (unpaired) electrons. The number of rotatable bonds is 7. The number of fused-ring (bicyclic) bond motifs is 1. The van der Waals surface area contributed by atoms with Crippen LogP contribution in [-0.2, 0) is 4.79 Å². The standard InChI is InChI=1S/C24H18N4O7/c29-20-8-6-16(11-19(20)28(32)33)13-25-27-24(31)18(26-23(30)17-4-2-1-3-5-17)10-15-7-9-21-22(12-15)35-14-34-21/h1-13,29H,14H2,(H,26,30)(H,27,31)/b18-10+,25-13?. The predicted molar refractivity (Wildman–Crippen MR) is 125 cm³/mol. The van der Waals surface area contributed by atoms with Gasteiger partial charge >= 0.3 is 5.69 Å². The second-order valence-electron chi connectivity index (χ2n) is 7.20. The molecule has 35 heavy (non-hydrogen) atoms. The van der Waals surface area contributed by atoms with Crippen LogP contribution in [0.15, 0.2) is 77.5 Å². The summed E-state index contributed by atoms with van der Waals surface area (Å²) in [5.41, 5.74) is 2.85. The van der Waals surface area contributed by atoms with Gasteiger partial charge in [-0.05, 0) is 48.0 Å². The van der Waals surface area contributed by atoms with Gasteiger partial charge in [0.2, 0.25) is 6.79 Å². The molecule has 4 rings (SSSR count). The lowest BCUT2D eigenvalue weighted by molar-refractivity contribution is -0.385. The second kappa shape index (κ2) is 10.2. The topological polar surface area (TPSA) is 152 Å². The smallest absolute Gasteiger partial charge is 0.311 e. The number of hydrogen-bond donors (Lipinski definition) is 3. The Hall–Kier alpha value is -5.19. The minimum absolute atomic E-state index is 0.0880. The number of phenolic OH excluding ortho intramolecular Hbond substituents is 1. The molecule has 0 atom stereocenters. The molecule has 3 aromatic carbocycles. The van der Waals surface area contributed by atoms with Gasteiger partial charge in [-0.15, -0.1) is 0 Å². The Kier molecular flexibility index (Phi) is 6.68. The van der Waals surface area contributed by atoms with Crippen molar-refractivity contribution in [3.05, 3.63) is 99.2 Å². The lowest BCUT2D eigenvalue weighted by Crippen LogP contribution is -2.32. The fourth-order valence-corrected chi connectivity index (χ4v) is 3.10. The van der Waals surface area contributed by atoms with E-state index in [4.69, 9.17) is 9.47 Å². The lowest BCUT2D eigenvalue weighted by Gasteiger charge is -2.09. The zero-order valence-corrected chi connectivity index (χ0v) is 18.0. The van der Waals surface area contributed by atoms with Crippen LogP contribution in [0.4, 0.5) is 5.69 Å². The molecule has 0 aliphatic carbocycles. The molecule has 0 unspecified atom stereocenters. The van der Waals surface area contributed by atoms with Crippen LogP contribution in [-0.4, -0.2) is 34.9 Å². The molecule has 1 aliphatic heterocycles. The molecular formula is C24H18N4O7. The first kappa shape index (κ1) is 23.0. The summed E-state index contributed by atoms with van der Waals surface area (Å²) in [7, 11) is 0. The molecule has 0 aromatic heterocycles. The molecule has 176 valence electrons. The summed E-state index contributed by atoms with van der Waals surface area (Å²) in [6.45, 7) is 0.0880. The number of ether oxygens (including phenoxy) is 2. The number of amides is 2. The van der Waals surface area contributed by atoms with Crippen LogP contribution in [0.5, 0.6) is 17.2 Å². The Balaban J connectivity index is 1.56. The number of carbonyl (C=O) groups excluding carboxylic acids is 2. The molecule has 0 spiro atoms. The molecule has 0 saturated heterocycles. The van der Waals surface area contributed by atoms with Crippen LogP contribution in [0.3, 0.4) is 0 Å². The van der Waals surface area contributed by atoms with Crippen LogP contribution in [0.1, 0.15) is 21.5 Å². The monoisotopic (exact) mass is 474 g/mol. The fraction of sp³-hybridized carbons (Fsp3) is 0.0417. The highest BCUT2D eigenvalue weighted by Gasteiger charge is 2.17. The number of benzene rings is 3. The highest BCUT2D eigenvalue weighted by Crippen LogP contribution is 2.33. The van der Waals surface area contributed by atoms with E-state index in [1.807, 2.05) is 0 Å². The number of nitrogens with one attached hydrogen (secondary N) is 2. The van der Waals surface area contributed by atoms with Crippen LogP contribution in [0.2, 0.25) is 0 Å². The Bertz CT molecular complexity index is 1350. The third-order valence-electron chi connectivity index (χ3n) is 4.81. The zero-order valence-electron chi connectivity index (χ0n) is 18.0. The summed E-state index contributed by atoms with van der Waals surface area (Å²) < 4.78 is 10.6. The van der Waals surface area contributed by atoms with Gasteiger partial charge in [0.05, 0.1) is 11.1 Å². The van der Waals surface area contributed by atoms with Crippen LogP contribution in [0, 0.1) is 10.1 Å². The van der Waals surface area contributed by atoms with Crippen molar-refractivity contribution in [2.75, 3.05) is 6.79 Å². The van der Waals surface area contributed by atoms with Gasteiger partial charge < -0.3 is 19.9 Å². The SMILES string of the molecule is O=C(NN=Cc1ccc(O)c([N+](=O)[O-])c1)/C(=C\c1ccc2c(c1)OCO2)NC(=O)c1ccccc1. The van der Waals surface area contributed by atoms with E-state index in [0.29, 0.717) is 22.6 Å². The quantitative estimate of drug-likeness (QED) is 0.206. The molecule has 0 saturated carbocycles. The number of aromatic hydroxyl groups is 1. The molecule has 3 aromatic rings. The molecule has 11 heteroatoms. The Morgan fingerprint density at radius 2 is 1.74 bits per heavy atom. The summed E-state index contributed by atoms with van der Waals surface area (Å²) in [5.74, 6) is -0.676. The first-order valence-electron chi connectivity index (χ1n) is 10.2. The van der Waals surface area contributed by atoms with E-state index in [1.165, 1.54) is 18.4 Å². The first-order valence-corrected chi connectivity index (χ1v) is 10.2. The fourth-order valence-electron chi connectivity index (χ4n) is 3.10. The van der Waals surface area contributed by atoms with Gasteiger partial charge in [0.15, 0.2) is 17.2 Å². The number of hydrogen-bond acceptors (Lipinski definition) is 8. The maximum atomic E-state index is 12.9. The van der Waals surface area contributed by atoms with Gasteiger partial charge in [0.25, 0.3) is 11.8 Å². The summed E-state index contributed by atoms with van der Waals surface area (Å²) in [6, 6.07) is 17.0. The Labute approximate surface area is 198 Å². The third-order valence-corrected chi connectivity index (χ3v) is 4.81. The van der Waals surface area contributed by atoms with Crippen LogP contribution >= 0.6 is 0 Å². The van der Waals surface area contributed by atoms with E-state index in [0.717, 1.165) is 12.1 Å². The number of nitro benzene ring substituents is 1. The van der Waals surface area contributed by atoms with Crippen molar-refractivity contribution >= 4 is 29.8 Å². The maximum absolute atomic E-state index is 12.9. The van der Waals surface area contributed by atoms with E-state index in [1.54, 1.807) is 48.5 Å². The van der Waals surface area contributed by atoms with Gasteiger partial charge in [-0.25, -0.2) is 5.43 Å². The summed E-state index contributed by atoms with van der Waals surface area (Å²) in [4.78, 5) is 35.8. The molecule has 0 bridgehead atoms. The summed E-state index contributed by atoms with van der Waals surface area (Å²) >= 11 is 0. The maximum Gasteiger partial charge on any atom is 0.311 e. The number of phenols is 1. The van der Waals surface area contributed by atoms with E-state index >= 15 is 0 Å². The van der Waals surface area contributed by atoms with Gasteiger partial charge in [0, 0.05) is 17.2 Å². The minimum Gasteiger partial charge on any atom is -0.502 e. The Morgan fingerprint density at radius 3 is 2.51 bits per heavy atom.